The number of methoxy groups -OCH3 is 2. The number of benzene rings is 2. The molecule has 0 aliphatic carbocycles. The van der Waals surface area contributed by atoms with E-state index in [9.17, 15) is 4.79 Å². The van der Waals surface area contributed by atoms with Crippen molar-refractivity contribution in [1.29, 1.82) is 5.26 Å². The van der Waals surface area contributed by atoms with Crippen LogP contribution < -0.4 is 10.2 Å². The molecule has 1 saturated heterocycles. The zero-order chi connectivity index (χ0) is 23.6. The highest BCUT2D eigenvalue weighted by atomic mass is 16.5. The molecular formula is C26H33N3O4. The molecule has 1 heterocycles. The van der Waals surface area contributed by atoms with Gasteiger partial charge in [-0.1, -0.05) is 6.07 Å². The summed E-state index contributed by atoms with van der Waals surface area (Å²) in [4.78, 5) is 14.4. The topological polar surface area (TPSA) is 83.8 Å². The first-order chi connectivity index (χ1) is 16.1. The van der Waals surface area contributed by atoms with Crippen molar-refractivity contribution < 1.29 is 19.0 Å². The lowest BCUT2D eigenvalue weighted by Crippen LogP contribution is -2.39. The van der Waals surface area contributed by atoms with Crippen LogP contribution in [0.25, 0.3) is 0 Å². The number of anilines is 3. The van der Waals surface area contributed by atoms with Crippen molar-refractivity contribution in [3.63, 3.8) is 0 Å². The average molecular weight is 452 g/mol. The van der Waals surface area contributed by atoms with E-state index in [0.717, 1.165) is 55.2 Å². The number of hydrogen-bond donors (Lipinski definition) is 1. The molecule has 1 N–H and O–H groups in total. The predicted octanol–water partition coefficient (Wildman–Crippen LogP) is 4.60. The summed E-state index contributed by atoms with van der Waals surface area (Å²) in [6, 6.07) is 16.3. The lowest BCUT2D eigenvalue weighted by atomic mass is 9.94. The molecule has 0 aromatic heterocycles. The van der Waals surface area contributed by atoms with E-state index in [4.69, 9.17) is 19.5 Å². The summed E-state index contributed by atoms with van der Waals surface area (Å²) in [7, 11) is 3.04. The second-order valence-corrected chi connectivity index (χ2v) is 8.15. The van der Waals surface area contributed by atoms with E-state index in [2.05, 4.69) is 41.4 Å². The second-order valence-electron chi connectivity index (χ2n) is 8.15. The first-order valence-corrected chi connectivity index (χ1v) is 11.4. The van der Waals surface area contributed by atoms with Gasteiger partial charge in [-0.15, -0.1) is 0 Å². The molecule has 7 nitrogen and oxygen atoms in total. The average Bonchev–Trinajstić information content (AvgIpc) is 2.86. The largest absolute Gasteiger partial charge is 0.469 e. The standard InChI is InChI=1S/C26H33N3O4/c1-4-29(23-11-13-33-14-12-23)25-10-7-20(21(18-31-2)16-26(30)32-3)15-24(25)28-22-8-5-19(17-27)6-9-22/h5-10,15,21,23,28H,4,11-14,16,18H2,1-3H3/t21-/m1/s1. The van der Waals surface area contributed by atoms with E-state index in [1.54, 1.807) is 19.2 Å². The van der Waals surface area contributed by atoms with Crippen LogP contribution in [0.5, 0.6) is 0 Å². The summed E-state index contributed by atoms with van der Waals surface area (Å²) in [5, 5.41) is 12.7. The third-order valence-electron chi connectivity index (χ3n) is 6.08. The highest BCUT2D eigenvalue weighted by Gasteiger charge is 2.24. The van der Waals surface area contributed by atoms with Crippen molar-refractivity contribution in [2.24, 2.45) is 0 Å². The molecule has 1 aliphatic rings. The van der Waals surface area contributed by atoms with Gasteiger partial charge in [0.15, 0.2) is 0 Å². The van der Waals surface area contributed by atoms with Gasteiger partial charge in [0, 0.05) is 44.5 Å². The highest BCUT2D eigenvalue weighted by Crippen LogP contribution is 2.36. The quantitative estimate of drug-likeness (QED) is 0.529. The van der Waals surface area contributed by atoms with Gasteiger partial charge in [0.1, 0.15) is 0 Å². The summed E-state index contributed by atoms with van der Waals surface area (Å²) in [5.41, 5.74) is 4.57. The van der Waals surface area contributed by atoms with Crippen LogP contribution in [-0.2, 0) is 19.0 Å². The Morgan fingerprint density at radius 3 is 2.55 bits per heavy atom. The number of esters is 1. The fraction of sp³-hybridized carbons (Fsp3) is 0.462. The molecule has 1 aliphatic heterocycles. The number of nitrogens with one attached hydrogen (secondary N) is 1. The van der Waals surface area contributed by atoms with Gasteiger partial charge < -0.3 is 24.4 Å². The maximum Gasteiger partial charge on any atom is 0.306 e. The molecule has 0 saturated carbocycles. The van der Waals surface area contributed by atoms with Gasteiger partial charge in [-0.3, -0.25) is 4.79 Å². The van der Waals surface area contributed by atoms with Crippen LogP contribution >= 0.6 is 0 Å². The minimum absolute atomic E-state index is 0.115. The molecule has 33 heavy (non-hydrogen) atoms. The Morgan fingerprint density at radius 1 is 1.21 bits per heavy atom. The second kappa shape index (κ2) is 12.2. The molecule has 176 valence electrons. The van der Waals surface area contributed by atoms with Crippen molar-refractivity contribution in [2.75, 3.05) is 50.8 Å². The predicted molar refractivity (Wildman–Crippen MR) is 129 cm³/mol. The Bertz CT molecular complexity index is 949. The van der Waals surface area contributed by atoms with Crippen molar-refractivity contribution in [3.8, 4) is 6.07 Å². The van der Waals surface area contributed by atoms with Gasteiger partial charge in [0.25, 0.3) is 0 Å². The summed E-state index contributed by atoms with van der Waals surface area (Å²) in [6.07, 6.45) is 2.22. The number of hydrogen-bond acceptors (Lipinski definition) is 7. The molecule has 0 amide bonds. The maximum absolute atomic E-state index is 12.0. The number of carbonyl (C=O) groups is 1. The Balaban J connectivity index is 1.99. The molecule has 0 unspecified atom stereocenters. The van der Waals surface area contributed by atoms with Crippen molar-refractivity contribution in [1.82, 2.24) is 0 Å². The molecule has 1 atom stereocenters. The first-order valence-electron chi connectivity index (χ1n) is 11.4. The van der Waals surface area contributed by atoms with Crippen LogP contribution in [0, 0.1) is 11.3 Å². The molecule has 0 spiro atoms. The van der Waals surface area contributed by atoms with Crippen LogP contribution in [0.1, 0.15) is 43.2 Å². The zero-order valence-corrected chi connectivity index (χ0v) is 19.7. The van der Waals surface area contributed by atoms with Crippen LogP contribution in [0.2, 0.25) is 0 Å². The van der Waals surface area contributed by atoms with E-state index < -0.39 is 0 Å². The monoisotopic (exact) mass is 451 g/mol. The van der Waals surface area contributed by atoms with Gasteiger partial charge >= 0.3 is 5.97 Å². The first kappa shape index (κ1) is 24.6. The van der Waals surface area contributed by atoms with Crippen LogP contribution in [0.15, 0.2) is 42.5 Å². The molecule has 1 fully saturated rings. The van der Waals surface area contributed by atoms with Crippen molar-refractivity contribution >= 4 is 23.0 Å². The summed E-state index contributed by atoms with van der Waals surface area (Å²) >= 11 is 0. The van der Waals surface area contributed by atoms with Gasteiger partial charge in [0.05, 0.1) is 43.1 Å². The Hall–Kier alpha value is -3.08. The minimum Gasteiger partial charge on any atom is -0.469 e. The Kier molecular flexibility index (Phi) is 9.11. The number of rotatable bonds is 10. The number of nitrogens with zero attached hydrogens (tertiary/aromatic N) is 2. The van der Waals surface area contributed by atoms with Crippen LogP contribution in [0.4, 0.5) is 17.1 Å². The van der Waals surface area contributed by atoms with Crippen LogP contribution in [-0.4, -0.2) is 52.6 Å². The maximum atomic E-state index is 12.0. The molecule has 2 aromatic rings. The van der Waals surface area contributed by atoms with Gasteiger partial charge in [-0.05, 0) is 61.7 Å². The van der Waals surface area contributed by atoms with E-state index in [1.165, 1.54) is 7.11 Å². The molecule has 2 aromatic carbocycles. The van der Waals surface area contributed by atoms with E-state index in [0.29, 0.717) is 18.2 Å². The normalized spacial score (nSPS) is 14.8. The highest BCUT2D eigenvalue weighted by molar-refractivity contribution is 5.77. The molecule has 0 bridgehead atoms. The third kappa shape index (κ3) is 6.47. The smallest absolute Gasteiger partial charge is 0.306 e. The molecular weight excluding hydrogens is 418 g/mol. The van der Waals surface area contributed by atoms with E-state index >= 15 is 0 Å². The number of carbonyl (C=O) groups excluding carboxylic acids is 1. The van der Waals surface area contributed by atoms with Crippen molar-refractivity contribution in [2.45, 2.75) is 38.1 Å². The van der Waals surface area contributed by atoms with E-state index in [1.807, 2.05) is 12.1 Å². The molecule has 7 heteroatoms. The number of ether oxygens (including phenoxy) is 3. The molecule has 0 radical (unpaired) electrons. The molecule has 3 rings (SSSR count). The minimum atomic E-state index is -0.264. The Labute approximate surface area is 196 Å². The van der Waals surface area contributed by atoms with Gasteiger partial charge in [-0.25, -0.2) is 0 Å². The SMILES string of the molecule is CCN(c1ccc([C@@H](COC)CC(=O)OC)cc1Nc1ccc(C#N)cc1)C1CCOCC1. The summed E-state index contributed by atoms with van der Waals surface area (Å²) < 4.78 is 15.9. The lowest BCUT2D eigenvalue weighted by molar-refractivity contribution is -0.141. The zero-order valence-electron chi connectivity index (χ0n) is 19.7. The third-order valence-corrected chi connectivity index (χ3v) is 6.08. The lowest BCUT2D eigenvalue weighted by Gasteiger charge is -2.37. The summed E-state index contributed by atoms with van der Waals surface area (Å²) in [6.45, 7) is 5.00. The van der Waals surface area contributed by atoms with Crippen LogP contribution in [0.3, 0.4) is 0 Å². The summed E-state index contributed by atoms with van der Waals surface area (Å²) in [5.74, 6) is -0.378. The Morgan fingerprint density at radius 2 is 1.94 bits per heavy atom. The number of nitriles is 1. The fourth-order valence-corrected chi connectivity index (χ4v) is 4.32. The fourth-order valence-electron chi connectivity index (χ4n) is 4.32. The van der Waals surface area contributed by atoms with Crippen molar-refractivity contribution in [3.05, 3.63) is 53.6 Å². The van der Waals surface area contributed by atoms with E-state index in [-0.39, 0.29) is 18.3 Å². The van der Waals surface area contributed by atoms with Gasteiger partial charge in [-0.2, -0.15) is 5.26 Å². The van der Waals surface area contributed by atoms with Gasteiger partial charge in [0.2, 0.25) is 0 Å².